The first-order valence-corrected chi connectivity index (χ1v) is 5.73. The minimum atomic E-state index is -0.999. The van der Waals surface area contributed by atoms with Crippen LogP contribution in [0.3, 0.4) is 0 Å². The van der Waals surface area contributed by atoms with Crippen molar-refractivity contribution in [2.45, 2.75) is 12.2 Å². The van der Waals surface area contributed by atoms with E-state index in [0.29, 0.717) is 22.5 Å². The van der Waals surface area contributed by atoms with Gasteiger partial charge < -0.3 is 10.2 Å². The molecule has 1 aliphatic rings. The summed E-state index contributed by atoms with van der Waals surface area (Å²) >= 11 is 0. The van der Waals surface area contributed by atoms with Crippen LogP contribution in [-0.4, -0.2) is 10.2 Å². The van der Waals surface area contributed by atoms with Crippen molar-refractivity contribution in [3.8, 4) is 0 Å². The second kappa shape index (κ2) is 4.33. The first-order valence-electron chi connectivity index (χ1n) is 5.73. The lowest BCUT2D eigenvalue weighted by molar-refractivity contribution is 0.0176. The van der Waals surface area contributed by atoms with E-state index >= 15 is 0 Å². The SMILES string of the molecule is O[C@@H]1c2ccccc2N=Nc2ccccc2[C@@H]1O. The van der Waals surface area contributed by atoms with Gasteiger partial charge in [0.05, 0.1) is 11.4 Å². The fourth-order valence-electron chi connectivity index (χ4n) is 2.11. The van der Waals surface area contributed by atoms with E-state index in [1.54, 1.807) is 36.4 Å². The third-order valence-electron chi connectivity index (χ3n) is 3.08. The van der Waals surface area contributed by atoms with Crippen molar-refractivity contribution in [1.82, 2.24) is 0 Å². The number of aliphatic hydroxyl groups is 2. The zero-order valence-corrected chi connectivity index (χ0v) is 9.56. The molecule has 0 aliphatic carbocycles. The summed E-state index contributed by atoms with van der Waals surface area (Å²) in [6, 6.07) is 14.3. The average molecular weight is 240 g/mol. The summed E-state index contributed by atoms with van der Waals surface area (Å²) in [7, 11) is 0. The molecule has 0 amide bonds. The van der Waals surface area contributed by atoms with Gasteiger partial charge in [0.1, 0.15) is 12.2 Å². The highest BCUT2D eigenvalue weighted by Gasteiger charge is 2.26. The van der Waals surface area contributed by atoms with Crippen LogP contribution in [0.2, 0.25) is 0 Å². The van der Waals surface area contributed by atoms with Crippen molar-refractivity contribution in [3.05, 3.63) is 59.7 Å². The van der Waals surface area contributed by atoms with E-state index < -0.39 is 12.2 Å². The average Bonchev–Trinajstić information content (AvgIpc) is 2.43. The lowest BCUT2D eigenvalue weighted by Crippen LogP contribution is -2.11. The minimum Gasteiger partial charge on any atom is -0.385 e. The highest BCUT2D eigenvalue weighted by atomic mass is 16.3. The number of nitrogens with zero attached hydrogens (tertiary/aromatic N) is 2. The van der Waals surface area contributed by atoms with Gasteiger partial charge in [-0.15, -0.1) is 0 Å². The smallest absolute Gasteiger partial charge is 0.111 e. The molecule has 0 bridgehead atoms. The minimum absolute atomic E-state index is 0.582. The Morgan fingerprint density at radius 2 is 1.06 bits per heavy atom. The lowest BCUT2D eigenvalue weighted by Gasteiger charge is -2.22. The van der Waals surface area contributed by atoms with Crippen LogP contribution in [0.1, 0.15) is 23.3 Å². The Bertz CT molecular complexity index is 557. The van der Waals surface area contributed by atoms with Crippen LogP contribution in [0.25, 0.3) is 0 Å². The van der Waals surface area contributed by atoms with Crippen molar-refractivity contribution in [3.63, 3.8) is 0 Å². The maximum Gasteiger partial charge on any atom is 0.111 e. The molecule has 3 rings (SSSR count). The summed E-state index contributed by atoms with van der Waals surface area (Å²) < 4.78 is 0. The van der Waals surface area contributed by atoms with Crippen molar-refractivity contribution >= 4 is 11.4 Å². The predicted octanol–water partition coefficient (Wildman–Crippen LogP) is 3.18. The number of rotatable bonds is 0. The summed E-state index contributed by atoms with van der Waals surface area (Å²) in [6.07, 6.45) is -2.00. The van der Waals surface area contributed by atoms with Crippen LogP contribution >= 0.6 is 0 Å². The molecule has 0 saturated heterocycles. The summed E-state index contributed by atoms with van der Waals surface area (Å²) in [6.45, 7) is 0. The van der Waals surface area contributed by atoms with E-state index in [1.807, 2.05) is 12.1 Å². The van der Waals surface area contributed by atoms with Gasteiger partial charge in [0.15, 0.2) is 0 Å². The summed E-state index contributed by atoms with van der Waals surface area (Å²) in [5.41, 5.74) is 2.34. The Morgan fingerprint density at radius 3 is 1.50 bits per heavy atom. The van der Waals surface area contributed by atoms with E-state index in [9.17, 15) is 10.2 Å². The van der Waals surface area contributed by atoms with Crippen LogP contribution in [-0.2, 0) is 0 Å². The normalized spacial score (nSPS) is 21.7. The van der Waals surface area contributed by atoms with Gasteiger partial charge in [-0.25, -0.2) is 0 Å². The second-order valence-electron chi connectivity index (χ2n) is 4.21. The molecule has 1 aliphatic heterocycles. The molecule has 4 heteroatoms. The van der Waals surface area contributed by atoms with E-state index in [-0.39, 0.29) is 0 Å². The fourth-order valence-corrected chi connectivity index (χ4v) is 2.11. The molecule has 4 nitrogen and oxygen atoms in total. The third kappa shape index (κ3) is 1.72. The molecule has 0 spiro atoms. The topological polar surface area (TPSA) is 65.2 Å². The quantitative estimate of drug-likeness (QED) is 0.742. The van der Waals surface area contributed by atoms with Crippen molar-refractivity contribution in [1.29, 1.82) is 0 Å². The summed E-state index contributed by atoms with van der Waals surface area (Å²) in [5.74, 6) is 0. The van der Waals surface area contributed by atoms with Crippen molar-refractivity contribution in [2.75, 3.05) is 0 Å². The number of benzene rings is 2. The van der Waals surface area contributed by atoms with Crippen molar-refractivity contribution in [2.24, 2.45) is 10.2 Å². The molecule has 2 N–H and O–H groups in total. The maximum absolute atomic E-state index is 10.2. The largest absolute Gasteiger partial charge is 0.385 e. The van der Waals surface area contributed by atoms with Gasteiger partial charge in [-0.1, -0.05) is 36.4 Å². The number of fused-ring (bicyclic) bond motifs is 2. The molecule has 0 radical (unpaired) electrons. The zero-order chi connectivity index (χ0) is 12.5. The Hall–Kier alpha value is -2.04. The van der Waals surface area contributed by atoms with Gasteiger partial charge in [-0.05, 0) is 12.1 Å². The summed E-state index contributed by atoms with van der Waals surface area (Å²) in [4.78, 5) is 0. The molecule has 2 aromatic rings. The first-order chi connectivity index (χ1) is 8.77. The fraction of sp³-hybridized carbons (Fsp3) is 0.143. The van der Waals surface area contributed by atoms with Gasteiger partial charge in [0.25, 0.3) is 0 Å². The molecular weight excluding hydrogens is 228 g/mol. The zero-order valence-electron chi connectivity index (χ0n) is 9.56. The standard InChI is InChI=1S/C14H12N2O2/c17-13-9-5-1-3-7-11(9)15-16-12-8-4-2-6-10(12)14(13)18/h1-8,13-14,17-18H/t13-,14+. The molecule has 0 fully saturated rings. The molecule has 0 unspecified atom stereocenters. The number of aliphatic hydroxyl groups excluding tert-OH is 2. The van der Waals surface area contributed by atoms with Crippen molar-refractivity contribution < 1.29 is 10.2 Å². The van der Waals surface area contributed by atoms with Gasteiger partial charge in [-0.2, -0.15) is 10.2 Å². The van der Waals surface area contributed by atoms with Gasteiger partial charge >= 0.3 is 0 Å². The molecule has 1 heterocycles. The molecule has 2 atom stereocenters. The highest BCUT2D eigenvalue weighted by Crippen LogP contribution is 2.40. The van der Waals surface area contributed by atoms with Crippen LogP contribution in [0.5, 0.6) is 0 Å². The monoisotopic (exact) mass is 240 g/mol. The highest BCUT2D eigenvalue weighted by molar-refractivity contribution is 5.53. The van der Waals surface area contributed by atoms with Crippen LogP contribution < -0.4 is 0 Å². The van der Waals surface area contributed by atoms with Gasteiger partial charge in [0, 0.05) is 11.1 Å². The number of hydrogen-bond acceptors (Lipinski definition) is 4. The van der Waals surface area contributed by atoms with Gasteiger partial charge in [-0.3, -0.25) is 0 Å². The molecular formula is C14H12N2O2. The molecule has 0 saturated carbocycles. The second-order valence-corrected chi connectivity index (χ2v) is 4.21. The maximum atomic E-state index is 10.2. The molecule has 0 aromatic heterocycles. The summed E-state index contributed by atoms with van der Waals surface area (Å²) in [5, 5.41) is 28.7. The first kappa shape index (κ1) is 11.1. The Labute approximate surface area is 104 Å². The van der Waals surface area contributed by atoms with Gasteiger partial charge in [0.2, 0.25) is 0 Å². The Balaban J connectivity index is 2.22. The predicted molar refractivity (Wildman–Crippen MR) is 67.0 cm³/mol. The molecule has 2 aromatic carbocycles. The van der Waals surface area contributed by atoms with E-state index in [0.717, 1.165) is 0 Å². The third-order valence-corrected chi connectivity index (χ3v) is 3.08. The van der Waals surface area contributed by atoms with E-state index in [1.165, 1.54) is 0 Å². The number of azo groups is 1. The van der Waals surface area contributed by atoms with E-state index in [2.05, 4.69) is 10.2 Å². The molecule has 18 heavy (non-hydrogen) atoms. The Kier molecular flexibility index (Phi) is 2.66. The number of hydrogen-bond donors (Lipinski definition) is 2. The Morgan fingerprint density at radius 1 is 0.667 bits per heavy atom. The molecule has 90 valence electrons. The van der Waals surface area contributed by atoms with E-state index in [4.69, 9.17) is 0 Å². The van der Waals surface area contributed by atoms with Crippen LogP contribution in [0, 0.1) is 0 Å². The van der Waals surface area contributed by atoms with Crippen LogP contribution in [0.4, 0.5) is 11.4 Å². The van der Waals surface area contributed by atoms with Crippen LogP contribution in [0.15, 0.2) is 58.8 Å². The lowest BCUT2D eigenvalue weighted by atomic mass is 9.95.